The number of pyridine rings is 1. The van der Waals surface area contributed by atoms with Crippen LogP contribution in [-0.4, -0.2) is 23.2 Å². The monoisotopic (exact) mass is 400 g/mol. The number of guanidine groups is 1. The Labute approximate surface area is 175 Å². The molecule has 2 heterocycles. The third kappa shape index (κ3) is 3.56. The lowest BCUT2D eigenvalue weighted by atomic mass is 9.72. The molecule has 3 aromatic rings. The highest BCUT2D eigenvalue weighted by atomic mass is 35.5. The number of nitrogens with one attached hydrogen (secondary N) is 1. The lowest BCUT2D eigenvalue weighted by molar-refractivity contribution is 0.561. The first-order valence-electron chi connectivity index (χ1n) is 9.89. The molecule has 2 aromatic carbocycles. The molecule has 144 valence electrons. The fraction of sp³-hybridized carbons (Fsp3) is 0.208. The van der Waals surface area contributed by atoms with Crippen LogP contribution in [0.5, 0.6) is 0 Å². The summed E-state index contributed by atoms with van der Waals surface area (Å²) in [6.45, 7) is 1.40. The van der Waals surface area contributed by atoms with Crippen LogP contribution in [0.3, 0.4) is 0 Å². The number of aliphatic imine (C=N–C) groups is 2. The summed E-state index contributed by atoms with van der Waals surface area (Å²) < 4.78 is 0. The Hall–Kier alpha value is -2.98. The van der Waals surface area contributed by atoms with Crippen molar-refractivity contribution in [3.05, 3.63) is 100 Å². The van der Waals surface area contributed by atoms with E-state index < -0.39 is 0 Å². The molecule has 5 rings (SSSR count). The van der Waals surface area contributed by atoms with E-state index in [-0.39, 0.29) is 5.92 Å². The van der Waals surface area contributed by atoms with E-state index in [0.717, 1.165) is 29.3 Å². The minimum absolute atomic E-state index is 0.268. The SMILES string of the molecule is Clc1ccccc1C1CC2CN=C(NCc3cccnc3)N=C2c2ccccc21. The first kappa shape index (κ1) is 18.1. The van der Waals surface area contributed by atoms with Crippen LogP contribution in [0.2, 0.25) is 5.02 Å². The van der Waals surface area contributed by atoms with Crippen LogP contribution >= 0.6 is 11.6 Å². The summed E-state index contributed by atoms with van der Waals surface area (Å²) in [5.74, 6) is 1.27. The summed E-state index contributed by atoms with van der Waals surface area (Å²) in [5.41, 5.74) is 5.94. The second-order valence-corrected chi connectivity index (χ2v) is 7.88. The van der Waals surface area contributed by atoms with E-state index in [1.165, 1.54) is 16.7 Å². The van der Waals surface area contributed by atoms with Crippen LogP contribution in [0, 0.1) is 5.92 Å². The number of hydrogen-bond acceptors (Lipinski definition) is 4. The van der Waals surface area contributed by atoms with Gasteiger partial charge in [0.1, 0.15) is 0 Å². The van der Waals surface area contributed by atoms with Gasteiger partial charge in [0, 0.05) is 41.4 Å². The summed E-state index contributed by atoms with van der Waals surface area (Å²) >= 11 is 6.55. The van der Waals surface area contributed by atoms with E-state index in [2.05, 4.69) is 46.7 Å². The van der Waals surface area contributed by atoms with E-state index in [1.54, 1.807) is 6.20 Å². The molecule has 2 aliphatic rings. The Morgan fingerprint density at radius 3 is 2.62 bits per heavy atom. The maximum Gasteiger partial charge on any atom is 0.218 e. The second-order valence-electron chi connectivity index (χ2n) is 7.47. The van der Waals surface area contributed by atoms with E-state index >= 15 is 0 Å². The molecular weight excluding hydrogens is 380 g/mol. The first-order valence-corrected chi connectivity index (χ1v) is 10.3. The zero-order valence-electron chi connectivity index (χ0n) is 15.9. The molecule has 29 heavy (non-hydrogen) atoms. The van der Waals surface area contributed by atoms with Crippen LogP contribution in [0.25, 0.3) is 0 Å². The molecule has 1 N–H and O–H groups in total. The van der Waals surface area contributed by atoms with Gasteiger partial charge in [0.25, 0.3) is 0 Å². The van der Waals surface area contributed by atoms with Gasteiger partial charge in [0.05, 0.1) is 12.3 Å². The van der Waals surface area contributed by atoms with Crippen molar-refractivity contribution in [2.75, 3.05) is 6.54 Å². The smallest absolute Gasteiger partial charge is 0.218 e. The van der Waals surface area contributed by atoms with E-state index in [1.807, 2.05) is 30.5 Å². The average Bonchev–Trinajstić information content (AvgIpc) is 2.78. The predicted octanol–water partition coefficient (Wildman–Crippen LogP) is 4.84. The van der Waals surface area contributed by atoms with E-state index in [4.69, 9.17) is 21.6 Å². The highest BCUT2D eigenvalue weighted by molar-refractivity contribution is 6.31. The van der Waals surface area contributed by atoms with Gasteiger partial charge in [-0.05, 0) is 35.2 Å². The number of aromatic nitrogens is 1. The summed E-state index contributed by atoms with van der Waals surface area (Å²) in [6, 6.07) is 20.7. The van der Waals surface area contributed by atoms with Gasteiger partial charge in [-0.1, -0.05) is 60.1 Å². The summed E-state index contributed by atoms with van der Waals surface area (Å²) in [5, 5.41) is 4.18. The van der Waals surface area contributed by atoms with Gasteiger partial charge in [-0.15, -0.1) is 0 Å². The van der Waals surface area contributed by atoms with Gasteiger partial charge >= 0.3 is 0 Å². The van der Waals surface area contributed by atoms with Gasteiger partial charge < -0.3 is 5.32 Å². The Bertz CT molecular complexity index is 1090. The second kappa shape index (κ2) is 7.80. The lowest BCUT2D eigenvalue weighted by Gasteiger charge is -2.34. The Morgan fingerprint density at radius 2 is 1.79 bits per heavy atom. The third-order valence-corrected chi connectivity index (χ3v) is 6.01. The number of benzene rings is 2. The van der Waals surface area contributed by atoms with Crippen LogP contribution < -0.4 is 5.32 Å². The van der Waals surface area contributed by atoms with Crippen molar-refractivity contribution in [1.82, 2.24) is 10.3 Å². The van der Waals surface area contributed by atoms with Crippen molar-refractivity contribution >= 4 is 23.3 Å². The van der Waals surface area contributed by atoms with Crippen molar-refractivity contribution < 1.29 is 0 Å². The van der Waals surface area contributed by atoms with Gasteiger partial charge in [0.2, 0.25) is 5.96 Å². The molecule has 0 bridgehead atoms. The van der Waals surface area contributed by atoms with Crippen LogP contribution in [0.15, 0.2) is 83.0 Å². The van der Waals surface area contributed by atoms with Crippen molar-refractivity contribution in [2.45, 2.75) is 18.9 Å². The van der Waals surface area contributed by atoms with Crippen molar-refractivity contribution in [3.8, 4) is 0 Å². The Balaban J connectivity index is 1.46. The summed E-state index contributed by atoms with van der Waals surface area (Å²) in [4.78, 5) is 13.8. The lowest BCUT2D eigenvalue weighted by Crippen LogP contribution is -2.35. The molecule has 4 nitrogen and oxygen atoms in total. The fourth-order valence-corrected chi connectivity index (χ4v) is 4.53. The maximum atomic E-state index is 6.55. The van der Waals surface area contributed by atoms with Gasteiger partial charge in [-0.3, -0.25) is 9.98 Å². The van der Waals surface area contributed by atoms with Gasteiger partial charge in [-0.2, -0.15) is 0 Å². The topological polar surface area (TPSA) is 49.6 Å². The van der Waals surface area contributed by atoms with Crippen LogP contribution in [0.1, 0.15) is 34.6 Å². The van der Waals surface area contributed by atoms with Crippen LogP contribution in [-0.2, 0) is 6.54 Å². The molecule has 0 saturated heterocycles. The van der Waals surface area contributed by atoms with E-state index in [9.17, 15) is 0 Å². The molecule has 2 unspecified atom stereocenters. The molecule has 5 heteroatoms. The van der Waals surface area contributed by atoms with Gasteiger partial charge in [-0.25, -0.2) is 4.99 Å². The number of fused-ring (bicyclic) bond motifs is 3. The minimum atomic E-state index is 0.268. The molecule has 1 aliphatic heterocycles. The Morgan fingerprint density at radius 1 is 0.966 bits per heavy atom. The highest BCUT2D eigenvalue weighted by Gasteiger charge is 2.35. The standard InChI is InChI=1S/C24H21ClN4/c25-22-10-4-3-8-19(22)21-12-17-15-28-24(27-14-16-6-5-11-26-13-16)29-23(17)20-9-2-1-7-18(20)21/h1-11,13,17,21H,12,14-15H2,(H,27,28). The number of hydrogen-bond donors (Lipinski definition) is 1. The van der Waals surface area contributed by atoms with E-state index in [0.29, 0.717) is 18.4 Å². The van der Waals surface area contributed by atoms with Gasteiger partial charge in [0.15, 0.2) is 0 Å². The normalized spacial score (nSPS) is 20.2. The largest absolute Gasteiger partial charge is 0.350 e. The van der Waals surface area contributed by atoms with Crippen LogP contribution in [0.4, 0.5) is 0 Å². The number of rotatable bonds is 3. The zero-order chi connectivity index (χ0) is 19.6. The van der Waals surface area contributed by atoms with Crippen molar-refractivity contribution in [3.63, 3.8) is 0 Å². The van der Waals surface area contributed by atoms with Crippen molar-refractivity contribution in [2.24, 2.45) is 15.9 Å². The molecule has 0 fully saturated rings. The maximum absolute atomic E-state index is 6.55. The molecule has 0 amide bonds. The third-order valence-electron chi connectivity index (χ3n) is 5.66. The molecule has 0 radical (unpaired) electrons. The number of nitrogens with zero attached hydrogens (tertiary/aromatic N) is 3. The highest BCUT2D eigenvalue weighted by Crippen LogP contribution is 2.42. The quantitative estimate of drug-likeness (QED) is 0.684. The van der Waals surface area contributed by atoms with Crippen molar-refractivity contribution in [1.29, 1.82) is 0 Å². The molecule has 2 atom stereocenters. The minimum Gasteiger partial charge on any atom is -0.350 e. The predicted molar refractivity (Wildman–Crippen MR) is 118 cm³/mol. The Kier molecular flexibility index (Phi) is 4.86. The molecule has 1 aromatic heterocycles. The number of halogens is 1. The summed E-state index contributed by atoms with van der Waals surface area (Å²) in [7, 11) is 0. The summed E-state index contributed by atoms with van der Waals surface area (Å²) in [6.07, 6.45) is 4.61. The first-order chi connectivity index (χ1) is 14.3. The fourth-order valence-electron chi connectivity index (χ4n) is 4.27. The molecule has 0 saturated carbocycles. The molecule has 0 spiro atoms. The molecular formula is C24H21ClN4. The molecule has 1 aliphatic carbocycles. The zero-order valence-corrected chi connectivity index (χ0v) is 16.7. The average molecular weight is 401 g/mol.